The SMILES string of the molecule is O=C(OCc1cccc(Br)c1F)N1CCCCC1. The Morgan fingerprint density at radius 3 is 2.78 bits per heavy atom. The minimum Gasteiger partial charge on any atom is -0.444 e. The standard InChI is InChI=1S/C13H15BrFNO2/c14-11-6-4-5-10(12(11)15)9-18-13(17)16-7-2-1-3-8-16/h4-6H,1-3,7-9H2. The van der Waals surface area contributed by atoms with Crippen LogP contribution in [-0.2, 0) is 11.3 Å². The molecule has 1 aromatic carbocycles. The molecule has 1 aromatic rings. The third-order valence-corrected chi connectivity index (χ3v) is 3.61. The van der Waals surface area contributed by atoms with E-state index in [9.17, 15) is 9.18 Å². The van der Waals surface area contributed by atoms with Crippen molar-refractivity contribution in [2.24, 2.45) is 0 Å². The highest BCUT2D eigenvalue weighted by Gasteiger charge is 2.18. The van der Waals surface area contributed by atoms with Crippen LogP contribution in [-0.4, -0.2) is 24.1 Å². The number of rotatable bonds is 2. The van der Waals surface area contributed by atoms with Gasteiger partial charge in [0, 0.05) is 18.7 Å². The van der Waals surface area contributed by atoms with Crippen molar-refractivity contribution in [3.05, 3.63) is 34.1 Å². The Morgan fingerprint density at radius 2 is 2.06 bits per heavy atom. The molecule has 0 N–H and O–H groups in total. The smallest absolute Gasteiger partial charge is 0.410 e. The number of hydrogen-bond acceptors (Lipinski definition) is 2. The second-order valence-corrected chi connectivity index (χ2v) is 5.17. The molecular weight excluding hydrogens is 301 g/mol. The summed E-state index contributed by atoms with van der Waals surface area (Å²) in [7, 11) is 0. The molecule has 18 heavy (non-hydrogen) atoms. The third kappa shape index (κ3) is 3.22. The molecule has 0 bridgehead atoms. The van der Waals surface area contributed by atoms with Crippen molar-refractivity contribution >= 4 is 22.0 Å². The first-order valence-corrected chi connectivity index (χ1v) is 6.82. The first-order chi connectivity index (χ1) is 8.68. The van der Waals surface area contributed by atoms with E-state index >= 15 is 0 Å². The summed E-state index contributed by atoms with van der Waals surface area (Å²) < 4.78 is 19.2. The van der Waals surface area contributed by atoms with Crippen molar-refractivity contribution in [1.29, 1.82) is 0 Å². The normalized spacial score (nSPS) is 15.6. The van der Waals surface area contributed by atoms with E-state index in [1.165, 1.54) is 0 Å². The number of ether oxygens (including phenoxy) is 1. The van der Waals surface area contributed by atoms with Crippen molar-refractivity contribution < 1.29 is 13.9 Å². The Bertz CT molecular complexity index is 433. The highest BCUT2D eigenvalue weighted by molar-refractivity contribution is 9.10. The van der Waals surface area contributed by atoms with E-state index in [0.717, 1.165) is 32.4 Å². The Labute approximate surface area is 114 Å². The van der Waals surface area contributed by atoms with Crippen LogP contribution in [0.2, 0.25) is 0 Å². The molecule has 1 amide bonds. The molecule has 5 heteroatoms. The molecular formula is C13H15BrFNO2. The summed E-state index contributed by atoms with van der Waals surface area (Å²) in [6.45, 7) is 1.44. The zero-order chi connectivity index (χ0) is 13.0. The molecule has 0 saturated carbocycles. The van der Waals surface area contributed by atoms with Crippen LogP contribution in [0.15, 0.2) is 22.7 Å². The maximum atomic E-state index is 13.6. The van der Waals surface area contributed by atoms with Gasteiger partial charge in [-0.1, -0.05) is 12.1 Å². The van der Waals surface area contributed by atoms with Crippen molar-refractivity contribution in [2.75, 3.05) is 13.1 Å². The topological polar surface area (TPSA) is 29.5 Å². The molecule has 0 unspecified atom stereocenters. The summed E-state index contributed by atoms with van der Waals surface area (Å²) in [4.78, 5) is 13.4. The van der Waals surface area contributed by atoms with Crippen LogP contribution in [0.3, 0.4) is 0 Å². The van der Waals surface area contributed by atoms with Gasteiger partial charge in [-0.25, -0.2) is 9.18 Å². The molecule has 0 aliphatic carbocycles. The summed E-state index contributed by atoms with van der Waals surface area (Å²) in [5.41, 5.74) is 0.384. The lowest BCUT2D eigenvalue weighted by atomic mass is 10.1. The van der Waals surface area contributed by atoms with Crippen LogP contribution in [0.25, 0.3) is 0 Å². The minimum atomic E-state index is -0.371. The molecule has 1 aliphatic heterocycles. The zero-order valence-corrected chi connectivity index (χ0v) is 11.6. The van der Waals surface area contributed by atoms with Gasteiger partial charge in [-0.15, -0.1) is 0 Å². The number of hydrogen-bond donors (Lipinski definition) is 0. The fourth-order valence-electron chi connectivity index (χ4n) is 1.97. The molecule has 1 aliphatic rings. The van der Waals surface area contributed by atoms with Crippen LogP contribution in [0.4, 0.5) is 9.18 Å². The largest absolute Gasteiger partial charge is 0.444 e. The van der Waals surface area contributed by atoms with Crippen LogP contribution < -0.4 is 0 Å². The number of piperidine rings is 1. The number of halogens is 2. The maximum absolute atomic E-state index is 13.6. The third-order valence-electron chi connectivity index (χ3n) is 3.00. The molecule has 0 atom stereocenters. The summed E-state index contributed by atoms with van der Waals surface area (Å²) in [5, 5.41) is 0. The zero-order valence-electron chi connectivity index (χ0n) is 9.99. The Kier molecular flexibility index (Phi) is 4.58. The first kappa shape index (κ1) is 13.3. The maximum Gasteiger partial charge on any atom is 0.410 e. The highest BCUT2D eigenvalue weighted by Crippen LogP contribution is 2.19. The predicted octanol–water partition coefficient (Wildman–Crippen LogP) is 3.71. The van der Waals surface area contributed by atoms with E-state index in [-0.39, 0.29) is 18.5 Å². The van der Waals surface area contributed by atoms with Crippen molar-refractivity contribution in [1.82, 2.24) is 4.90 Å². The van der Waals surface area contributed by atoms with Crippen LogP contribution in [0.1, 0.15) is 24.8 Å². The number of likely N-dealkylation sites (tertiary alicyclic amines) is 1. The van der Waals surface area contributed by atoms with Crippen LogP contribution in [0.5, 0.6) is 0 Å². The van der Waals surface area contributed by atoms with Crippen LogP contribution >= 0.6 is 15.9 Å². The van der Waals surface area contributed by atoms with Crippen molar-refractivity contribution in [2.45, 2.75) is 25.9 Å². The molecule has 1 saturated heterocycles. The monoisotopic (exact) mass is 315 g/mol. The molecule has 3 nitrogen and oxygen atoms in total. The van der Waals surface area contributed by atoms with Gasteiger partial charge in [0.15, 0.2) is 0 Å². The molecule has 0 radical (unpaired) electrons. The van der Waals surface area contributed by atoms with Crippen LogP contribution in [0, 0.1) is 5.82 Å². The Balaban J connectivity index is 1.90. The number of amides is 1. The summed E-state index contributed by atoms with van der Waals surface area (Å²) in [6, 6.07) is 4.95. The molecule has 1 heterocycles. The molecule has 1 fully saturated rings. The van der Waals surface area contributed by atoms with Gasteiger partial charge in [-0.2, -0.15) is 0 Å². The lowest BCUT2D eigenvalue weighted by molar-refractivity contribution is 0.0886. The quantitative estimate of drug-likeness (QED) is 0.832. The Hall–Kier alpha value is -1.10. The van der Waals surface area contributed by atoms with Crippen molar-refractivity contribution in [3.8, 4) is 0 Å². The van der Waals surface area contributed by atoms with E-state index < -0.39 is 0 Å². The molecule has 0 spiro atoms. The molecule has 98 valence electrons. The molecule has 2 rings (SSSR count). The van der Waals surface area contributed by atoms with Gasteiger partial charge in [0.1, 0.15) is 12.4 Å². The average Bonchev–Trinajstić information content (AvgIpc) is 2.41. The van der Waals surface area contributed by atoms with Crippen molar-refractivity contribution in [3.63, 3.8) is 0 Å². The fourth-order valence-corrected chi connectivity index (χ4v) is 2.37. The lowest BCUT2D eigenvalue weighted by Crippen LogP contribution is -2.35. The number of nitrogens with zero attached hydrogens (tertiary/aromatic N) is 1. The average molecular weight is 316 g/mol. The van der Waals surface area contributed by atoms with E-state index in [4.69, 9.17) is 4.74 Å². The first-order valence-electron chi connectivity index (χ1n) is 6.03. The van der Waals surface area contributed by atoms with Gasteiger partial charge in [-0.05, 0) is 41.3 Å². The summed E-state index contributed by atoms with van der Waals surface area (Å²) >= 11 is 3.10. The highest BCUT2D eigenvalue weighted by atomic mass is 79.9. The van der Waals surface area contributed by atoms with Gasteiger partial charge < -0.3 is 9.64 Å². The van der Waals surface area contributed by atoms with Gasteiger partial charge >= 0.3 is 6.09 Å². The van der Waals surface area contributed by atoms with E-state index in [2.05, 4.69) is 15.9 Å². The van der Waals surface area contributed by atoms with E-state index in [1.54, 1.807) is 23.1 Å². The van der Waals surface area contributed by atoms with Gasteiger partial charge in [-0.3, -0.25) is 0 Å². The summed E-state index contributed by atoms with van der Waals surface area (Å²) in [5.74, 6) is -0.371. The second-order valence-electron chi connectivity index (χ2n) is 4.32. The van der Waals surface area contributed by atoms with E-state index in [0.29, 0.717) is 10.0 Å². The molecule has 0 aromatic heterocycles. The fraction of sp³-hybridized carbons (Fsp3) is 0.462. The predicted molar refractivity (Wildman–Crippen MR) is 69.7 cm³/mol. The van der Waals surface area contributed by atoms with Gasteiger partial charge in [0.2, 0.25) is 0 Å². The number of carbonyl (C=O) groups is 1. The minimum absolute atomic E-state index is 0.0272. The second kappa shape index (κ2) is 6.18. The Morgan fingerprint density at radius 1 is 1.33 bits per heavy atom. The van der Waals surface area contributed by atoms with Gasteiger partial charge in [0.25, 0.3) is 0 Å². The van der Waals surface area contributed by atoms with E-state index in [1.807, 2.05) is 0 Å². The number of carbonyl (C=O) groups excluding carboxylic acids is 1. The lowest BCUT2D eigenvalue weighted by Gasteiger charge is -2.25. The van der Waals surface area contributed by atoms with Gasteiger partial charge in [0.05, 0.1) is 4.47 Å². The summed E-state index contributed by atoms with van der Waals surface area (Å²) in [6.07, 6.45) is 2.83. The number of benzene rings is 1.